The van der Waals surface area contributed by atoms with Gasteiger partial charge in [-0.25, -0.2) is 0 Å². The second kappa shape index (κ2) is 6.31. The van der Waals surface area contributed by atoms with E-state index < -0.39 is 0 Å². The molecule has 0 spiro atoms. The van der Waals surface area contributed by atoms with Crippen molar-refractivity contribution in [3.05, 3.63) is 49.8 Å². The Labute approximate surface area is 122 Å². The van der Waals surface area contributed by atoms with E-state index in [4.69, 9.17) is 11.6 Å². The molecule has 0 fully saturated rings. The molecule has 0 aliphatic carbocycles. The Balaban J connectivity index is 1.87. The van der Waals surface area contributed by atoms with E-state index in [1.54, 1.807) is 18.5 Å². The molecule has 2 aromatic rings. The van der Waals surface area contributed by atoms with Crippen LogP contribution in [0.2, 0.25) is 4.34 Å². The van der Waals surface area contributed by atoms with Gasteiger partial charge in [0.1, 0.15) is 0 Å². The highest BCUT2D eigenvalue weighted by atomic mass is 79.9. The predicted octanol–water partition coefficient (Wildman–Crippen LogP) is 3.53. The highest BCUT2D eigenvalue weighted by Gasteiger charge is 2.08. The number of carbonyl (C=O) groups excluding carboxylic acids is 1. The van der Waals surface area contributed by atoms with Gasteiger partial charge in [-0.1, -0.05) is 11.6 Å². The second-order valence-electron chi connectivity index (χ2n) is 3.57. The summed E-state index contributed by atoms with van der Waals surface area (Å²) in [6, 6.07) is 5.52. The van der Waals surface area contributed by atoms with Crippen LogP contribution >= 0.6 is 38.9 Å². The van der Waals surface area contributed by atoms with Gasteiger partial charge in [0.05, 0.1) is 9.90 Å². The van der Waals surface area contributed by atoms with Crippen LogP contribution in [-0.4, -0.2) is 17.4 Å². The van der Waals surface area contributed by atoms with Gasteiger partial charge >= 0.3 is 0 Å². The van der Waals surface area contributed by atoms with Crippen molar-refractivity contribution in [3.8, 4) is 0 Å². The Morgan fingerprint density at radius 1 is 1.44 bits per heavy atom. The lowest BCUT2D eigenvalue weighted by Gasteiger charge is -2.05. The number of hydrogen-bond donors (Lipinski definition) is 1. The summed E-state index contributed by atoms with van der Waals surface area (Å²) in [7, 11) is 0. The Morgan fingerprint density at radius 3 is 2.94 bits per heavy atom. The van der Waals surface area contributed by atoms with Gasteiger partial charge in [0, 0.05) is 28.3 Å². The van der Waals surface area contributed by atoms with Crippen molar-refractivity contribution in [1.29, 1.82) is 0 Å². The number of amides is 1. The summed E-state index contributed by atoms with van der Waals surface area (Å²) in [6.45, 7) is 0.588. The SMILES string of the molecule is O=C(NCCc1ccc(Cl)s1)c1ccncc1Br. The normalized spacial score (nSPS) is 10.3. The highest BCUT2D eigenvalue weighted by molar-refractivity contribution is 9.10. The van der Waals surface area contributed by atoms with Gasteiger partial charge in [0.25, 0.3) is 5.91 Å². The van der Waals surface area contributed by atoms with E-state index in [2.05, 4.69) is 26.2 Å². The zero-order chi connectivity index (χ0) is 13.0. The van der Waals surface area contributed by atoms with Crippen molar-refractivity contribution in [1.82, 2.24) is 10.3 Å². The van der Waals surface area contributed by atoms with E-state index in [1.165, 1.54) is 11.3 Å². The minimum absolute atomic E-state index is 0.105. The van der Waals surface area contributed by atoms with Crippen LogP contribution in [0.1, 0.15) is 15.2 Å². The molecule has 0 saturated heterocycles. The molecule has 94 valence electrons. The summed E-state index contributed by atoms with van der Waals surface area (Å²) >= 11 is 10.7. The lowest BCUT2D eigenvalue weighted by molar-refractivity contribution is 0.0953. The molecular formula is C12H10BrClN2OS. The number of rotatable bonds is 4. The van der Waals surface area contributed by atoms with Crippen molar-refractivity contribution in [2.45, 2.75) is 6.42 Å². The maximum absolute atomic E-state index is 11.9. The average molecular weight is 346 g/mol. The standard InChI is InChI=1S/C12H10BrClN2OS/c13-10-7-15-5-4-9(10)12(17)16-6-3-8-1-2-11(14)18-8/h1-2,4-5,7H,3,6H2,(H,16,17). The van der Waals surface area contributed by atoms with Gasteiger partial charge in [0.2, 0.25) is 0 Å². The predicted molar refractivity (Wildman–Crippen MR) is 77.3 cm³/mol. The molecule has 0 aromatic carbocycles. The largest absolute Gasteiger partial charge is 0.352 e. The van der Waals surface area contributed by atoms with Crippen LogP contribution in [0.15, 0.2) is 35.1 Å². The summed E-state index contributed by atoms with van der Waals surface area (Å²) < 4.78 is 1.47. The van der Waals surface area contributed by atoms with E-state index in [9.17, 15) is 4.79 Å². The molecule has 2 rings (SSSR count). The topological polar surface area (TPSA) is 42.0 Å². The number of pyridine rings is 1. The summed E-state index contributed by atoms with van der Waals surface area (Å²) in [5, 5.41) is 2.86. The fourth-order valence-electron chi connectivity index (χ4n) is 1.44. The van der Waals surface area contributed by atoms with E-state index in [0.717, 1.165) is 15.6 Å². The second-order valence-corrected chi connectivity index (χ2v) is 6.22. The summed E-state index contributed by atoms with van der Waals surface area (Å²) in [6.07, 6.45) is 3.98. The molecule has 0 radical (unpaired) electrons. The third-order valence-corrected chi connectivity index (χ3v) is 4.23. The fourth-order valence-corrected chi connectivity index (χ4v) is 2.96. The third kappa shape index (κ3) is 3.54. The lowest BCUT2D eigenvalue weighted by atomic mass is 10.2. The van der Waals surface area contributed by atoms with Crippen molar-refractivity contribution in [2.24, 2.45) is 0 Å². The van der Waals surface area contributed by atoms with Crippen LogP contribution in [-0.2, 0) is 6.42 Å². The minimum atomic E-state index is -0.105. The number of carbonyl (C=O) groups is 1. The van der Waals surface area contributed by atoms with Gasteiger partial charge in [0.15, 0.2) is 0 Å². The van der Waals surface area contributed by atoms with Crippen LogP contribution in [0.3, 0.4) is 0 Å². The summed E-state index contributed by atoms with van der Waals surface area (Å²) in [5.41, 5.74) is 0.592. The average Bonchev–Trinajstić information content (AvgIpc) is 2.75. The number of nitrogens with one attached hydrogen (secondary N) is 1. The molecule has 0 aliphatic rings. The van der Waals surface area contributed by atoms with Crippen LogP contribution in [0.25, 0.3) is 0 Å². The zero-order valence-corrected chi connectivity index (χ0v) is 12.5. The molecular weight excluding hydrogens is 336 g/mol. The highest BCUT2D eigenvalue weighted by Crippen LogP contribution is 2.21. The van der Waals surface area contributed by atoms with E-state index in [0.29, 0.717) is 16.6 Å². The molecule has 6 heteroatoms. The Hall–Kier alpha value is -0.910. The Kier molecular flexibility index (Phi) is 4.74. The van der Waals surface area contributed by atoms with Crippen molar-refractivity contribution < 1.29 is 4.79 Å². The number of aromatic nitrogens is 1. The molecule has 0 saturated carbocycles. The summed E-state index contributed by atoms with van der Waals surface area (Å²) in [4.78, 5) is 16.9. The van der Waals surface area contributed by atoms with Crippen LogP contribution < -0.4 is 5.32 Å². The lowest BCUT2D eigenvalue weighted by Crippen LogP contribution is -2.25. The van der Waals surface area contributed by atoms with Crippen LogP contribution in [0, 0.1) is 0 Å². The molecule has 2 aromatic heterocycles. The van der Waals surface area contributed by atoms with E-state index in [-0.39, 0.29) is 5.91 Å². The number of halogens is 2. The monoisotopic (exact) mass is 344 g/mol. The molecule has 0 aliphatic heterocycles. The van der Waals surface area contributed by atoms with Crippen LogP contribution in [0.4, 0.5) is 0 Å². The molecule has 0 unspecified atom stereocenters. The number of hydrogen-bond acceptors (Lipinski definition) is 3. The first-order chi connectivity index (χ1) is 8.66. The smallest absolute Gasteiger partial charge is 0.252 e. The summed E-state index contributed by atoms with van der Waals surface area (Å²) in [5.74, 6) is -0.105. The Morgan fingerprint density at radius 2 is 2.28 bits per heavy atom. The maximum atomic E-state index is 11.9. The van der Waals surface area contributed by atoms with Crippen molar-refractivity contribution in [2.75, 3.05) is 6.54 Å². The minimum Gasteiger partial charge on any atom is -0.352 e. The van der Waals surface area contributed by atoms with Crippen molar-refractivity contribution in [3.63, 3.8) is 0 Å². The number of nitrogens with zero attached hydrogens (tertiary/aromatic N) is 1. The van der Waals surface area contributed by atoms with Gasteiger partial charge in [-0.2, -0.15) is 0 Å². The maximum Gasteiger partial charge on any atom is 0.252 e. The van der Waals surface area contributed by atoms with E-state index >= 15 is 0 Å². The quantitative estimate of drug-likeness (QED) is 0.921. The first kappa shape index (κ1) is 13.5. The van der Waals surface area contributed by atoms with Gasteiger partial charge < -0.3 is 5.32 Å². The first-order valence-corrected chi connectivity index (χ1v) is 7.27. The van der Waals surface area contributed by atoms with E-state index in [1.807, 2.05) is 12.1 Å². The molecule has 2 heterocycles. The molecule has 0 bridgehead atoms. The van der Waals surface area contributed by atoms with Gasteiger partial charge in [-0.05, 0) is 40.5 Å². The molecule has 1 amide bonds. The Bertz CT molecular complexity index is 559. The molecule has 1 N–H and O–H groups in total. The molecule has 18 heavy (non-hydrogen) atoms. The van der Waals surface area contributed by atoms with Crippen molar-refractivity contribution >= 4 is 44.8 Å². The van der Waals surface area contributed by atoms with Gasteiger partial charge in [-0.3, -0.25) is 9.78 Å². The first-order valence-electron chi connectivity index (χ1n) is 5.29. The number of thiophene rings is 1. The molecule has 3 nitrogen and oxygen atoms in total. The zero-order valence-electron chi connectivity index (χ0n) is 9.32. The van der Waals surface area contributed by atoms with Crippen LogP contribution in [0.5, 0.6) is 0 Å². The third-order valence-electron chi connectivity index (χ3n) is 2.30. The fraction of sp³-hybridized carbons (Fsp3) is 0.167. The van der Waals surface area contributed by atoms with Gasteiger partial charge in [-0.15, -0.1) is 11.3 Å². The molecule has 0 atom stereocenters.